The van der Waals surface area contributed by atoms with Gasteiger partial charge in [-0.1, -0.05) is 22.0 Å². The molecule has 2 heterocycles. The Morgan fingerprint density at radius 2 is 1.94 bits per heavy atom. The van der Waals surface area contributed by atoms with Crippen LogP contribution in [0.15, 0.2) is 63.9 Å². The summed E-state index contributed by atoms with van der Waals surface area (Å²) in [6.07, 6.45) is 5.22. The van der Waals surface area contributed by atoms with E-state index < -0.39 is 0 Å². The molecule has 1 aromatic carbocycles. The zero-order valence-corrected chi connectivity index (χ0v) is 11.0. The number of nitrogens with zero attached hydrogens (tertiary/aromatic N) is 1. The summed E-state index contributed by atoms with van der Waals surface area (Å²) in [7, 11) is 0. The first-order valence-corrected chi connectivity index (χ1v) is 6.30. The lowest BCUT2D eigenvalue weighted by Gasteiger charge is -2.09. The van der Waals surface area contributed by atoms with Crippen molar-refractivity contribution in [2.45, 2.75) is 0 Å². The first kappa shape index (κ1) is 11.2. The van der Waals surface area contributed by atoms with E-state index in [9.17, 15) is 0 Å². The first-order valence-electron chi connectivity index (χ1n) is 5.51. The fourth-order valence-corrected chi connectivity index (χ4v) is 2.45. The van der Waals surface area contributed by atoms with Gasteiger partial charge in [-0.05, 0) is 42.0 Å². The lowest BCUT2D eigenvalue weighted by molar-refractivity contribution is 0.582. The Kier molecular flexibility index (Phi) is 2.99. The second-order valence-corrected chi connectivity index (χ2v) is 4.64. The van der Waals surface area contributed by atoms with Gasteiger partial charge in [0.25, 0.3) is 0 Å². The highest BCUT2D eigenvalue weighted by atomic mass is 79.9. The number of aromatic nitrogens is 1. The molecular formula is C15H9BrNO. The van der Waals surface area contributed by atoms with Crippen molar-refractivity contribution >= 4 is 15.9 Å². The largest absolute Gasteiger partial charge is 0.464 e. The van der Waals surface area contributed by atoms with Crippen LogP contribution in [0.5, 0.6) is 0 Å². The molecule has 18 heavy (non-hydrogen) atoms. The zero-order chi connectivity index (χ0) is 12.4. The van der Waals surface area contributed by atoms with Crippen molar-refractivity contribution in [2.24, 2.45) is 0 Å². The second kappa shape index (κ2) is 4.78. The molecule has 0 fully saturated rings. The van der Waals surface area contributed by atoms with Gasteiger partial charge in [0.2, 0.25) is 0 Å². The molecule has 0 saturated carbocycles. The van der Waals surface area contributed by atoms with Crippen molar-refractivity contribution in [3.8, 4) is 22.5 Å². The van der Waals surface area contributed by atoms with Gasteiger partial charge in [-0.15, -0.1) is 0 Å². The van der Waals surface area contributed by atoms with Crippen LogP contribution in [-0.2, 0) is 0 Å². The SMILES string of the molecule is Brc1cc[c]c(-c2ccco2)c1-c1ccncc1. The fraction of sp³-hybridized carbons (Fsp3) is 0. The van der Waals surface area contributed by atoms with E-state index in [2.05, 4.69) is 27.0 Å². The molecule has 0 saturated heterocycles. The van der Waals surface area contributed by atoms with Gasteiger partial charge in [0.1, 0.15) is 5.76 Å². The highest BCUT2D eigenvalue weighted by Crippen LogP contribution is 2.37. The quantitative estimate of drug-likeness (QED) is 0.692. The topological polar surface area (TPSA) is 26.0 Å². The molecule has 0 aliphatic carbocycles. The summed E-state index contributed by atoms with van der Waals surface area (Å²) >= 11 is 3.59. The highest BCUT2D eigenvalue weighted by Gasteiger charge is 2.12. The first-order chi connectivity index (χ1) is 8.86. The van der Waals surface area contributed by atoms with Crippen LogP contribution >= 0.6 is 15.9 Å². The molecular weight excluding hydrogens is 290 g/mol. The van der Waals surface area contributed by atoms with Crippen molar-refractivity contribution in [3.05, 3.63) is 65.6 Å². The van der Waals surface area contributed by atoms with Gasteiger partial charge in [0.05, 0.1) is 6.26 Å². The van der Waals surface area contributed by atoms with Gasteiger partial charge in [0, 0.05) is 28.0 Å². The third kappa shape index (κ3) is 1.97. The number of pyridine rings is 1. The lowest BCUT2D eigenvalue weighted by atomic mass is 9.99. The van der Waals surface area contributed by atoms with E-state index >= 15 is 0 Å². The van der Waals surface area contributed by atoms with Gasteiger partial charge in [0.15, 0.2) is 0 Å². The molecule has 0 bridgehead atoms. The average molecular weight is 299 g/mol. The Hall–Kier alpha value is -1.87. The Morgan fingerprint density at radius 3 is 2.67 bits per heavy atom. The van der Waals surface area contributed by atoms with Crippen LogP contribution < -0.4 is 0 Å². The molecule has 0 atom stereocenters. The third-order valence-corrected chi connectivity index (χ3v) is 3.34. The molecule has 0 aliphatic heterocycles. The maximum absolute atomic E-state index is 5.47. The molecule has 3 rings (SSSR count). The van der Waals surface area contributed by atoms with E-state index in [0.717, 1.165) is 26.9 Å². The summed E-state index contributed by atoms with van der Waals surface area (Å²) in [6.45, 7) is 0. The standard InChI is InChI=1S/C15H9BrNO/c16-13-4-1-3-12(14-5-2-10-18-14)15(13)11-6-8-17-9-7-11/h1-2,4-10H. The van der Waals surface area contributed by atoms with E-state index in [1.165, 1.54) is 0 Å². The monoisotopic (exact) mass is 298 g/mol. The summed E-state index contributed by atoms with van der Waals surface area (Å²) in [6, 6.07) is 14.8. The zero-order valence-electron chi connectivity index (χ0n) is 9.43. The number of furan rings is 1. The fourth-order valence-electron chi connectivity index (χ4n) is 1.89. The molecule has 3 heteroatoms. The maximum Gasteiger partial charge on any atom is 0.135 e. The van der Waals surface area contributed by atoms with Gasteiger partial charge >= 0.3 is 0 Å². The predicted octanol–water partition coefficient (Wildman–Crippen LogP) is 4.57. The van der Waals surface area contributed by atoms with E-state index in [4.69, 9.17) is 4.42 Å². The van der Waals surface area contributed by atoms with E-state index in [-0.39, 0.29) is 0 Å². The van der Waals surface area contributed by atoms with Crippen LogP contribution in [0.25, 0.3) is 22.5 Å². The number of hydrogen-bond acceptors (Lipinski definition) is 2. The van der Waals surface area contributed by atoms with Crippen molar-refractivity contribution in [1.29, 1.82) is 0 Å². The van der Waals surface area contributed by atoms with Crippen LogP contribution in [0.4, 0.5) is 0 Å². The number of halogens is 1. The van der Waals surface area contributed by atoms with Crippen LogP contribution in [0.3, 0.4) is 0 Å². The van der Waals surface area contributed by atoms with Crippen LogP contribution in [-0.4, -0.2) is 4.98 Å². The minimum atomic E-state index is 0.808. The summed E-state index contributed by atoms with van der Waals surface area (Å²) in [4.78, 5) is 4.04. The molecule has 0 amide bonds. The van der Waals surface area contributed by atoms with Crippen molar-refractivity contribution in [3.63, 3.8) is 0 Å². The van der Waals surface area contributed by atoms with Crippen molar-refractivity contribution in [2.75, 3.05) is 0 Å². The summed E-state index contributed by atoms with van der Waals surface area (Å²) in [5.74, 6) is 0.808. The molecule has 0 aliphatic rings. The third-order valence-electron chi connectivity index (χ3n) is 2.68. The Morgan fingerprint density at radius 1 is 1.11 bits per heavy atom. The van der Waals surface area contributed by atoms with Crippen molar-refractivity contribution < 1.29 is 4.42 Å². The summed E-state index contributed by atoms with van der Waals surface area (Å²) < 4.78 is 6.48. The Bertz CT molecular complexity index is 648. The second-order valence-electron chi connectivity index (χ2n) is 3.79. The summed E-state index contributed by atoms with van der Waals surface area (Å²) in [5, 5.41) is 0. The number of rotatable bonds is 2. The average Bonchev–Trinajstić information content (AvgIpc) is 2.93. The van der Waals surface area contributed by atoms with E-state index in [0.29, 0.717) is 0 Å². The molecule has 2 nitrogen and oxygen atoms in total. The molecule has 1 radical (unpaired) electrons. The van der Waals surface area contributed by atoms with E-state index in [1.807, 2.05) is 36.4 Å². The van der Waals surface area contributed by atoms with Crippen LogP contribution in [0, 0.1) is 6.07 Å². The van der Waals surface area contributed by atoms with Gasteiger partial charge in [-0.2, -0.15) is 0 Å². The Labute approximate surface area is 113 Å². The highest BCUT2D eigenvalue weighted by molar-refractivity contribution is 9.10. The summed E-state index contributed by atoms with van der Waals surface area (Å²) in [5.41, 5.74) is 3.09. The molecule has 0 spiro atoms. The lowest BCUT2D eigenvalue weighted by Crippen LogP contribution is -1.86. The number of benzene rings is 1. The predicted molar refractivity (Wildman–Crippen MR) is 73.9 cm³/mol. The minimum absolute atomic E-state index is 0.808. The molecule has 0 N–H and O–H groups in total. The Balaban J connectivity index is 2.25. The van der Waals surface area contributed by atoms with Gasteiger partial charge in [-0.25, -0.2) is 0 Å². The van der Waals surface area contributed by atoms with Crippen LogP contribution in [0.2, 0.25) is 0 Å². The molecule has 2 aromatic heterocycles. The smallest absolute Gasteiger partial charge is 0.135 e. The van der Waals surface area contributed by atoms with Gasteiger partial charge < -0.3 is 4.42 Å². The molecule has 3 aromatic rings. The maximum atomic E-state index is 5.47. The van der Waals surface area contributed by atoms with Crippen molar-refractivity contribution in [1.82, 2.24) is 4.98 Å². The normalized spacial score (nSPS) is 10.5. The molecule has 87 valence electrons. The minimum Gasteiger partial charge on any atom is -0.464 e. The molecule has 0 unspecified atom stereocenters. The number of hydrogen-bond donors (Lipinski definition) is 0. The van der Waals surface area contributed by atoms with Gasteiger partial charge in [-0.3, -0.25) is 4.98 Å². The van der Waals surface area contributed by atoms with Crippen LogP contribution in [0.1, 0.15) is 0 Å². The van der Waals surface area contributed by atoms with E-state index in [1.54, 1.807) is 18.7 Å².